The van der Waals surface area contributed by atoms with Crippen molar-refractivity contribution in [3.05, 3.63) is 54.1 Å². The quantitative estimate of drug-likeness (QED) is 0.676. The number of thiophene rings is 1. The van der Waals surface area contributed by atoms with Crippen molar-refractivity contribution in [2.75, 3.05) is 4.72 Å². The molecule has 0 aliphatic heterocycles. The van der Waals surface area contributed by atoms with Crippen LogP contribution in [0, 0.1) is 11.6 Å². The number of hydrogen-bond donors (Lipinski definition) is 1. The summed E-state index contributed by atoms with van der Waals surface area (Å²) >= 11 is 0.991. The van der Waals surface area contributed by atoms with Gasteiger partial charge in [0.2, 0.25) is 0 Å². The first-order valence-corrected chi connectivity index (χ1v) is 10.3. The first-order chi connectivity index (χ1) is 12.4. The van der Waals surface area contributed by atoms with Gasteiger partial charge in [-0.2, -0.15) is 0 Å². The lowest BCUT2D eigenvalue weighted by molar-refractivity contribution is 0.338. The number of benzene rings is 1. The van der Waals surface area contributed by atoms with Crippen LogP contribution >= 0.6 is 11.3 Å². The topological polar surface area (TPSA) is 72.2 Å². The van der Waals surface area contributed by atoms with E-state index in [1.54, 1.807) is 12.3 Å². The Hall–Kier alpha value is -2.26. The van der Waals surface area contributed by atoms with Gasteiger partial charge >= 0.3 is 0 Å². The predicted molar refractivity (Wildman–Crippen MR) is 93.6 cm³/mol. The summed E-state index contributed by atoms with van der Waals surface area (Å²) in [5.74, 6) is -0.237. The fourth-order valence-electron chi connectivity index (χ4n) is 2.61. The Labute approximate surface area is 152 Å². The highest BCUT2D eigenvalue weighted by molar-refractivity contribution is 7.94. The van der Waals surface area contributed by atoms with Gasteiger partial charge in [-0.3, -0.25) is 4.72 Å². The van der Waals surface area contributed by atoms with Crippen LogP contribution in [0.3, 0.4) is 0 Å². The number of nitrogens with zero attached hydrogens (tertiary/aromatic N) is 1. The first kappa shape index (κ1) is 17.2. The summed E-state index contributed by atoms with van der Waals surface area (Å²) in [4.78, 5) is 4.88. The molecular weight excluding hydrogens is 382 g/mol. The molecule has 1 saturated carbocycles. The summed E-state index contributed by atoms with van der Waals surface area (Å²) in [7, 11) is -3.99. The number of rotatable bonds is 5. The van der Waals surface area contributed by atoms with Crippen LogP contribution in [-0.4, -0.2) is 13.4 Å². The van der Waals surface area contributed by atoms with E-state index in [-0.39, 0.29) is 9.90 Å². The predicted octanol–water partition coefficient (Wildman–Crippen LogP) is 4.75. The van der Waals surface area contributed by atoms with Crippen LogP contribution in [0.5, 0.6) is 0 Å². The van der Waals surface area contributed by atoms with E-state index in [1.165, 1.54) is 6.07 Å². The molecule has 1 N–H and O–H groups in total. The minimum Gasteiger partial charge on any atom is -0.440 e. The van der Waals surface area contributed by atoms with Crippen LogP contribution in [0.15, 0.2) is 45.2 Å². The van der Waals surface area contributed by atoms with Gasteiger partial charge in [0.1, 0.15) is 15.8 Å². The Balaban J connectivity index is 1.57. The van der Waals surface area contributed by atoms with Crippen LogP contribution in [-0.2, 0) is 10.0 Å². The highest BCUT2D eigenvalue weighted by Crippen LogP contribution is 2.38. The van der Waals surface area contributed by atoms with Gasteiger partial charge in [0.15, 0.2) is 11.7 Å². The molecule has 1 fully saturated rings. The van der Waals surface area contributed by atoms with E-state index in [9.17, 15) is 17.2 Å². The summed E-state index contributed by atoms with van der Waals surface area (Å²) in [6.45, 7) is 0. The molecule has 1 aliphatic rings. The van der Waals surface area contributed by atoms with Crippen molar-refractivity contribution in [2.24, 2.45) is 0 Å². The third-order valence-corrected chi connectivity index (χ3v) is 7.20. The zero-order chi connectivity index (χ0) is 18.3. The summed E-state index contributed by atoms with van der Waals surface area (Å²) in [5, 5.41) is 0. The monoisotopic (exact) mass is 396 g/mol. The smallest absolute Gasteiger partial charge is 0.271 e. The fourth-order valence-corrected chi connectivity index (χ4v) is 4.93. The summed E-state index contributed by atoms with van der Waals surface area (Å²) in [6, 6.07) is 5.67. The molecular formula is C17H14F2N2O3S2. The van der Waals surface area contributed by atoms with Crippen molar-refractivity contribution in [1.29, 1.82) is 0 Å². The Morgan fingerprint density at radius 1 is 1.19 bits per heavy atom. The molecule has 3 aromatic rings. The van der Waals surface area contributed by atoms with Crippen LogP contribution in [0.1, 0.15) is 31.1 Å². The molecule has 2 aromatic heterocycles. The molecule has 9 heteroatoms. The molecule has 4 rings (SSSR count). The number of sulfonamides is 1. The largest absolute Gasteiger partial charge is 0.440 e. The summed E-state index contributed by atoms with van der Waals surface area (Å²) in [6.07, 6.45) is 4.85. The van der Waals surface area contributed by atoms with Gasteiger partial charge in [-0.15, -0.1) is 11.3 Å². The Kier molecular flexibility index (Phi) is 4.28. The molecule has 0 atom stereocenters. The average Bonchev–Trinajstić information content (AvgIpc) is 3.17. The van der Waals surface area contributed by atoms with Crippen molar-refractivity contribution in [3.8, 4) is 10.6 Å². The van der Waals surface area contributed by atoms with E-state index in [2.05, 4.69) is 9.71 Å². The standard InChI is InChI=1S/C17H14F2N2O3S2/c18-11-4-5-13(12(19)8-11)21-26(22,23)16-7-6-15(25-16)14-9-20-17(24-14)10-2-1-3-10/h4-10,21H,1-3H2. The Morgan fingerprint density at radius 2 is 2.00 bits per heavy atom. The Bertz CT molecular complexity index is 1060. The van der Waals surface area contributed by atoms with Gasteiger partial charge in [-0.1, -0.05) is 6.42 Å². The minimum absolute atomic E-state index is 0.00202. The average molecular weight is 396 g/mol. The van der Waals surface area contributed by atoms with Crippen molar-refractivity contribution < 1.29 is 21.6 Å². The van der Waals surface area contributed by atoms with E-state index in [4.69, 9.17) is 4.42 Å². The molecule has 0 saturated heterocycles. The lowest BCUT2D eigenvalue weighted by Gasteiger charge is -2.21. The van der Waals surface area contributed by atoms with Gasteiger partial charge in [0.05, 0.1) is 16.8 Å². The maximum atomic E-state index is 13.7. The van der Waals surface area contributed by atoms with Crippen LogP contribution in [0.25, 0.3) is 10.6 Å². The van der Waals surface area contributed by atoms with Crippen molar-refractivity contribution in [3.63, 3.8) is 0 Å². The maximum absolute atomic E-state index is 13.7. The minimum atomic E-state index is -3.99. The fraction of sp³-hybridized carbons (Fsp3) is 0.235. The van der Waals surface area contributed by atoms with Gasteiger partial charge in [-0.05, 0) is 37.1 Å². The summed E-state index contributed by atoms with van der Waals surface area (Å²) in [5.41, 5.74) is -0.312. The molecule has 0 bridgehead atoms. The van der Waals surface area contributed by atoms with E-state index in [1.807, 2.05) is 0 Å². The number of oxazole rings is 1. The lowest BCUT2D eigenvalue weighted by atomic mass is 9.85. The second-order valence-corrected chi connectivity index (χ2v) is 9.03. The van der Waals surface area contributed by atoms with E-state index >= 15 is 0 Å². The normalized spacial score (nSPS) is 15.0. The SMILES string of the molecule is O=S(=O)(Nc1ccc(F)cc1F)c1ccc(-c2cnc(C3CCC3)o2)s1. The summed E-state index contributed by atoms with van der Waals surface area (Å²) < 4.78 is 59.4. The molecule has 0 unspecified atom stereocenters. The van der Waals surface area contributed by atoms with E-state index in [0.29, 0.717) is 28.5 Å². The molecule has 136 valence electrons. The van der Waals surface area contributed by atoms with Crippen molar-refractivity contribution in [2.45, 2.75) is 29.4 Å². The number of nitrogens with one attached hydrogen (secondary N) is 1. The highest BCUT2D eigenvalue weighted by atomic mass is 32.2. The molecule has 2 heterocycles. The molecule has 0 radical (unpaired) electrons. The number of anilines is 1. The first-order valence-electron chi connectivity index (χ1n) is 7.96. The molecule has 0 spiro atoms. The van der Waals surface area contributed by atoms with Gasteiger partial charge < -0.3 is 4.42 Å². The second-order valence-electron chi connectivity index (χ2n) is 6.04. The van der Waals surface area contributed by atoms with Crippen LogP contribution in [0.4, 0.5) is 14.5 Å². The van der Waals surface area contributed by atoms with Crippen molar-refractivity contribution in [1.82, 2.24) is 4.98 Å². The molecule has 5 nitrogen and oxygen atoms in total. The highest BCUT2D eigenvalue weighted by Gasteiger charge is 2.25. The number of aromatic nitrogens is 1. The maximum Gasteiger partial charge on any atom is 0.271 e. The van der Waals surface area contributed by atoms with Gasteiger partial charge in [-0.25, -0.2) is 22.2 Å². The Morgan fingerprint density at radius 3 is 2.69 bits per heavy atom. The lowest BCUT2D eigenvalue weighted by Crippen LogP contribution is -2.12. The second kappa shape index (κ2) is 6.48. The molecule has 1 aliphatic carbocycles. The zero-order valence-corrected chi connectivity index (χ0v) is 15.0. The molecule has 1 aromatic carbocycles. The van der Waals surface area contributed by atoms with Gasteiger partial charge in [0, 0.05) is 12.0 Å². The van der Waals surface area contributed by atoms with E-state index < -0.39 is 21.7 Å². The van der Waals surface area contributed by atoms with Gasteiger partial charge in [0.25, 0.3) is 10.0 Å². The van der Waals surface area contributed by atoms with Crippen molar-refractivity contribution >= 4 is 27.0 Å². The number of hydrogen-bond acceptors (Lipinski definition) is 5. The molecule has 0 amide bonds. The third kappa shape index (κ3) is 3.24. The number of halogens is 2. The van der Waals surface area contributed by atoms with E-state index in [0.717, 1.165) is 42.7 Å². The third-order valence-electron chi connectivity index (χ3n) is 4.24. The van der Waals surface area contributed by atoms with Crippen LogP contribution in [0.2, 0.25) is 0 Å². The molecule has 26 heavy (non-hydrogen) atoms. The van der Waals surface area contributed by atoms with Crippen LogP contribution < -0.4 is 4.72 Å². The zero-order valence-electron chi connectivity index (χ0n) is 13.4.